The summed E-state index contributed by atoms with van der Waals surface area (Å²) in [5.74, 6) is 1.82. The number of hydrogen-bond acceptors (Lipinski definition) is 7. The van der Waals surface area contributed by atoms with Crippen molar-refractivity contribution in [1.82, 2.24) is 24.4 Å². The minimum Gasteiger partial charge on any atom is -0.457 e. The van der Waals surface area contributed by atoms with Gasteiger partial charge in [-0.2, -0.15) is 5.10 Å². The molecule has 0 radical (unpaired) electrons. The Bertz CT molecular complexity index is 2170. The molecule has 1 saturated heterocycles. The van der Waals surface area contributed by atoms with Gasteiger partial charge in [0.1, 0.15) is 23.1 Å². The molecule has 2 aromatic heterocycles. The molecule has 1 fully saturated rings. The molecule has 1 aliphatic heterocycles. The van der Waals surface area contributed by atoms with Gasteiger partial charge in [0.25, 0.3) is 0 Å². The van der Waals surface area contributed by atoms with Gasteiger partial charge in [0.05, 0.1) is 23.3 Å². The minimum absolute atomic E-state index is 0.153. The molecule has 4 N–H and O–H groups in total. The highest BCUT2D eigenvalue weighted by molar-refractivity contribution is 7.88. The number of anilines is 3. The molecule has 0 aliphatic carbocycles. The number of piperidine rings is 1. The predicted molar refractivity (Wildman–Crippen MR) is 199 cm³/mol. The van der Waals surface area contributed by atoms with Gasteiger partial charge in [-0.15, -0.1) is 0 Å². The summed E-state index contributed by atoms with van der Waals surface area (Å²) in [4.78, 5) is 30.4. The number of amides is 4. The lowest BCUT2D eigenvalue weighted by molar-refractivity contribution is 0.238. The molecule has 0 unspecified atom stereocenters. The third kappa shape index (κ3) is 8.64. The van der Waals surface area contributed by atoms with Crippen LogP contribution in [-0.2, 0) is 15.4 Å². The number of ether oxygens (including phenoxy) is 1. The van der Waals surface area contributed by atoms with Crippen molar-refractivity contribution in [2.24, 2.45) is 0 Å². The zero-order valence-electron chi connectivity index (χ0n) is 29.2. The van der Waals surface area contributed by atoms with Crippen LogP contribution in [0.1, 0.15) is 44.9 Å². The van der Waals surface area contributed by atoms with Gasteiger partial charge in [-0.25, -0.2) is 32.0 Å². The van der Waals surface area contributed by atoms with Crippen LogP contribution in [0.3, 0.4) is 0 Å². The number of carbonyl (C=O) groups excluding carboxylic acids is 2. The highest BCUT2D eigenvalue weighted by Gasteiger charge is 2.26. The molecular weight excluding hydrogens is 669 g/mol. The summed E-state index contributed by atoms with van der Waals surface area (Å²) in [6.45, 7) is 8.96. The van der Waals surface area contributed by atoms with Gasteiger partial charge in [0.15, 0.2) is 0 Å². The maximum Gasteiger partial charge on any atom is 0.324 e. The maximum atomic E-state index is 13.4. The molecule has 266 valence electrons. The molecule has 14 heteroatoms. The molecule has 13 nitrogen and oxygen atoms in total. The Balaban J connectivity index is 1.14. The van der Waals surface area contributed by atoms with Crippen molar-refractivity contribution in [2.45, 2.75) is 52.0 Å². The lowest BCUT2D eigenvalue weighted by Gasteiger charge is -2.30. The highest BCUT2D eigenvalue weighted by atomic mass is 32.2. The molecule has 0 saturated carbocycles. The molecule has 3 aromatic carbocycles. The van der Waals surface area contributed by atoms with E-state index >= 15 is 0 Å². The van der Waals surface area contributed by atoms with E-state index in [0.29, 0.717) is 48.9 Å². The summed E-state index contributed by atoms with van der Waals surface area (Å²) in [5.41, 5.74) is 3.16. The van der Waals surface area contributed by atoms with E-state index in [4.69, 9.17) is 9.84 Å². The molecule has 0 atom stereocenters. The molecule has 5 aromatic rings. The van der Waals surface area contributed by atoms with E-state index in [2.05, 4.69) is 47.0 Å². The predicted octanol–water partition coefficient (Wildman–Crippen LogP) is 7.01. The Morgan fingerprint density at radius 1 is 0.863 bits per heavy atom. The minimum atomic E-state index is -3.25. The SMILES string of the molecule is Cc1ccc(-n2nc(C(C)(C)C)cc2NC(=O)Nc2ccc(Oc3ccnc(NC(=O)NC4CCN(S(C)(=O)=O)CC4)c3)c3ccccc23)cc1. The van der Waals surface area contributed by atoms with E-state index in [1.807, 2.05) is 61.5 Å². The summed E-state index contributed by atoms with van der Waals surface area (Å²) in [6.07, 6.45) is 3.76. The van der Waals surface area contributed by atoms with E-state index in [1.54, 1.807) is 28.9 Å². The number of hydrogen-bond donors (Lipinski definition) is 4. The van der Waals surface area contributed by atoms with Crippen molar-refractivity contribution >= 4 is 50.2 Å². The first-order valence-electron chi connectivity index (χ1n) is 16.7. The summed E-state index contributed by atoms with van der Waals surface area (Å²) in [7, 11) is -3.25. The fraction of sp³-hybridized carbons (Fsp3) is 0.297. The van der Waals surface area contributed by atoms with Gasteiger partial charge in [-0.1, -0.05) is 62.7 Å². The Labute approximate surface area is 297 Å². The molecule has 0 bridgehead atoms. The Hall–Kier alpha value is -5.47. The van der Waals surface area contributed by atoms with Crippen molar-refractivity contribution in [3.8, 4) is 17.2 Å². The Morgan fingerprint density at radius 3 is 2.25 bits per heavy atom. The van der Waals surface area contributed by atoms with Crippen LogP contribution in [-0.4, -0.2) is 64.9 Å². The number of aryl methyl sites for hydroxylation is 1. The van der Waals surface area contributed by atoms with Crippen molar-refractivity contribution in [3.63, 3.8) is 0 Å². The van der Waals surface area contributed by atoms with Crippen LogP contribution < -0.4 is 26.0 Å². The topological polar surface area (TPSA) is 160 Å². The summed E-state index contributed by atoms with van der Waals surface area (Å²) in [6, 6.07) is 23.2. The number of nitrogens with one attached hydrogen (secondary N) is 4. The van der Waals surface area contributed by atoms with Crippen LogP contribution >= 0.6 is 0 Å². The number of carbonyl (C=O) groups is 2. The van der Waals surface area contributed by atoms with Gasteiger partial charge in [-0.05, 0) is 50.1 Å². The third-order valence-corrected chi connectivity index (χ3v) is 9.89. The molecule has 4 amide bonds. The van der Waals surface area contributed by atoms with Gasteiger partial charge in [0.2, 0.25) is 10.0 Å². The first-order chi connectivity index (χ1) is 24.2. The number of sulfonamides is 1. The molecule has 0 spiro atoms. The first kappa shape index (κ1) is 35.4. The number of fused-ring (bicyclic) bond motifs is 1. The van der Waals surface area contributed by atoms with Crippen LogP contribution in [0, 0.1) is 6.92 Å². The summed E-state index contributed by atoms with van der Waals surface area (Å²) >= 11 is 0. The highest BCUT2D eigenvalue weighted by Crippen LogP contribution is 2.35. The Kier molecular flexibility index (Phi) is 9.99. The number of urea groups is 2. The standard InChI is InChI=1S/C37H42N8O5S/c1-24-10-12-26(13-11-24)45-34(23-32(43-45)37(2,3)4)42-36(47)40-30-14-15-31(29-9-7-6-8-28(29)30)50-27-16-19-38-33(22-27)41-35(46)39-25-17-20-44(21-18-25)51(5,48)49/h6-16,19,22-23,25H,17-18,20-21H2,1-5H3,(H2,40,42,47)(H2,38,39,41,46). The largest absolute Gasteiger partial charge is 0.457 e. The lowest BCUT2D eigenvalue weighted by Crippen LogP contribution is -2.47. The fourth-order valence-electron chi connectivity index (χ4n) is 5.80. The number of pyridine rings is 1. The number of nitrogens with zero attached hydrogens (tertiary/aromatic N) is 4. The second-order valence-corrected chi connectivity index (χ2v) is 15.6. The van der Waals surface area contributed by atoms with Crippen LogP contribution in [0.15, 0.2) is 85.1 Å². The maximum absolute atomic E-state index is 13.4. The average Bonchev–Trinajstić information content (AvgIpc) is 3.50. The molecule has 51 heavy (non-hydrogen) atoms. The van der Waals surface area contributed by atoms with E-state index in [9.17, 15) is 18.0 Å². The van der Waals surface area contributed by atoms with Gasteiger partial charge < -0.3 is 15.4 Å². The van der Waals surface area contributed by atoms with E-state index in [0.717, 1.165) is 27.7 Å². The van der Waals surface area contributed by atoms with Crippen molar-refractivity contribution in [3.05, 3.63) is 96.3 Å². The summed E-state index contributed by atoms with van der Waals surface area (Å²) < 4.78 is 33.0. The smallest absolute Gasteiger partial charge is 0.324 e. The van der Waals surface area contributed by atoms with Crippen LogP contribution in [0.2, 0.25) is 0 Å². The Morgan fingerprint density at radius 2 is 1.57 bits per heavy atom. The number of benzene rings is 3. The molecular formula is C37H42N8O5S. The monoisotopic (exact) mass is 710 g/mol. The molecule has 1 aliphatic rings. The van der Waals surface area contributed by atoms with E-state index < -0.39 is 22.1 Å². The second-order valence-electron chi connectivity index (χ2n) is 13.7. The van der Waals surface area contributed by atoms with Crippen molar-refractivity contribution in [2.75, 3.05) is 35.3 Å². The van der Waals surface area contributed by atoms with Crippen molar-refractivity contribution < 1.29 is 22.7 Å². The van der Waals surface area contributed by atoms with E-state index in [-0.39, 0.29) is 17.3 Å². The second kappa shape index (κ2) is 14.4. The number of aromatic nitrogens is 3. The van der Waals surface area contributed by atoms with Gasteiger partial charge in [0, 0.05) is 53.6 Å². The quantitative estimate of drug-likeness (QED) is 0.135. The normalized spacial score (nSPS) is 14.2. The van der Waals surface area contributed by atoms with Crippen LogP contribution in [0.4, 0.5) is 26.9 Å². The lowest BCUT2D eigenvalue weighted by atomic mass is 9.92. The van der Waals surface area contributed by atoms with Crippen LogP contribution in [0.5, 0.6) is 11.5 Å². The summed E-state index contributed by atoms with van der Waals surface area (Å²) in [5, 5.41) is 17.9. The van der Waals surface area contributed by atoms with Gasteiger partial charge in [-0.3, -0.25) is 10.6 Å². The zero-order valence-corrected chi connectivity index (χ0v) is 30.0. The number of rotatable bonds is 8. The molecule has 6 rings (SSSR count). The average molecular weight is 711 g/mol. The molecule has 3 heterocycles. The zero-order chi connectivity index (χ0) is 36.3. The van der Waals surface area contributed by atoms with Gasteiger partial charge >= 0.3 is 12.1 Å². The van der Waals surface area contributed by atoms with E-state index in [1.165, 1.54) is 16.8 Å². The third-order valence-electron chi connectivity index (χ3n) is 8.59. The fourth-order valence-corrected chi connectivity index (χ4v) is 6.67. The van der Waals surface area contributed by atoms with Crippen LogP contribution in [0.25, 0.3) is 16.5 Å². The van der Waals surface area contributed by atoms with Crippen molar-refractivity contribution in [1.29, 1.82) is 0 Å². The first-order valence-corrected chi connectivity index (χ1v) is 18.5.